The highest BCUT2D eigenvalue weighted by atomic mass is 32.2. The summed E-state index contributed by atoms with van der Waals surface area (Å²) in [5, 5.41) is 0.0557. The van der Waals surface area contributed by atoms with Gasteiger partial charge in [0.2, 0.25) is 24.1 Å². The predicted molar refractivity (Wildman–Crippen MR) is 96.7 cm³/mol. The van der Waals surface area contributed by atoms with Crippen LogP contribution in [0.25, 0.3) is 11.0 Å². The molecular formula is C16H15F4N5O4S. The van der Waals surface area contributed by atoms with E-state index in [4.69, 9.17) is 9.47 Å². The molecule has 0 saturated carbocycles. The molecule has 0 unspecified atom stereocenters. The molecule has 3 rings (SSSR count). The minimum atomic E-state index is -4.31. The molecule has 9 nitrogen and oxygen atoms in total. The summed E-state index contributed by atoms with van der Waals surface area (Å²) in [4.78, 5) is 13.5. The van der Waals surface area contributed by atoms with Crippen molar-refractivity contribution in [2.24, 2.45) is 0 Å². The van der Waals surface area contributed by atoms with Gasteiger partial charge in [-0.1, -0.05) is 0 Å². The Labute approximate surface area is 167 Å². The Bertz CT molecular complexity index is 1140. The zero-order valence-electron chi connectivity index (χ0n) is 15.5. The van der Waals surface area contributed by atoms with Gasteiger partial charge in [0, 0.05) is 18.0 Å². The maximum atomic E-state index is 12.8. The third-order valence-corrected chi connectivity index (χ3v) is 5.31. The number of hydrogen-bond donors (Lipinski definition) is 2. The van der Waals surface area contributed by atoms with Crippen LogP contribution < -0.4 is 14.2 Å². The summed E-state index contributed by atoms with van der Waals surface area (Å²) >= 11 is 0. The molecule has 0 amide bonds. The minimum absolute atomic E-state index is 0.0557. The molecule has 3 aromatic rings. The van der Waals surface area contributed by atoms with Crippen LogP contribution in [-0.2, 0) is 16.4 Å². The number of ether oxygens (including phenoxy) is 2. The SMILES string of the molecule is COc1nc(NS(=O)(=O)c2c[nH]c3nc(C(F)F)ccc23)nc(OC)c1CC(F)F. The topological polar surface area (TPSA) is 119 Å². The van der Waals surface area contributed by atoms with E-state index in [1.54, 1.807) is 0 Å². The molecule has 0 spiro atoms. The van der Waals surface area contributed by atoms with Crippen molar-refractivity contribution < 1.29 is 35.5 Å². The maximum Gasteiger partial charge on any atom is 0.280 e. The van der Waals surface area contributed by atoms with Crippen LogP contribution in [0.1, 0.15) is 17.7 Å². The van der Waals surface area contributed by atoms with Crippen LogP contribution in [-0.4, -0.2) is 49.0 Å². The molecule has 3 heterocycles. The molecule has 0 aliphatic carbocycles. The fraction of sp³-hybridized carbons (Fsp3) is 0.312. The Morgan fingerprint density at radius 2 is 1.70 bits per heavy atom. The highest BCUT2D eigenvalue weighted by Gasteiger charge is 2.25. The second kappa shape index (κ2) is 8.30. The largest absolute Gasteiger partial charge is 0.481 e. The van der Waals surface area contributed by atoms with E-state index in [1.807, 2.05) is 0 Å². The molecule has 0 aliphatic heterocycles. The Hall–Kier alpha value is -3.16. The summed E-state index contributed by atoms with van der Waals surface area (Å²) < 4.78 is 88.7. The first-order valence-electron chi connectivity index (χ1n) is 8.22. The van der Waals surface area contributed by atoms with E-state index in [0.29, 0.717) is 0 Å². The van der Waals surface area contributed by atoms with Gasteiger partial charge < -0.3 is 14.5 Å². The Morgan fingerprint density at radius 3 is 2.23 bits per heavy atom. The quantitative estimate of drug-likeness (QED) is 0.508. The molecule has 2 N–H and O–H groups in total. The number of nitrogens with one attached hydrogen (secondary N) is 2. The maximum absolute atomic E-state index is 12.8. The van der Waals surface area contributed by atoms with Crippen LogP contribution in [0.4, 0.5) is 23.5 Å². The van der Waals surface area contributed by atoms with Gasteiger partial charge in [-0.2, -0.15) is 9.97 Å². The number of H-pyrrole nitrogens is 1. The van der Waals surface area contributed by atoms with Crippen molar-refractivity contribution in [3.63, 3.8) is 0 Å². The van der Waals surface area contributed by atoms with Gasteiger partial charge in [0.25, 0.3) is 16.4 Å². The van der Waals surface area contributed by atoms with Crippen LogP contribution in [0.5, 0.6) is 11.8 Å². The lowest BCUT2D eigenvalue weighted by molar-refractivity contribution is 0.146. The molecule has 0 aliphatic rings. The Balaban J connectivity index is 2.00. The highest BCUT2D eigenvalue weighted by Crippen LogP contribution is 2.30. The van der Waals surface area contributed by atoms with Crippen molar-refractivity contribution >= 4 is 27.0 Å². The Kier molecular flexibility index (Phi) is 5.96. The summed E-state index contributed by atoms with van der Waals surface area (Å²) in [6.07, 6.45) is -5.26. The van der Waals surface area contributed by atoms with E-state index in [2.05, 4.69) is 24.7 Å². The number of methoxy groups -OCH3 is 2. The van der Waals surface area contributed by atoms with Crippen LogP contribution in [0.15, 0.2) is 23.2 Å². The molecular weight excluding hydrogens is 434 g/mol. The minimum Gasteiger partial charge on any atom is -0.481 e. The Morgan fingerprint density at radius 1 is 1.07 bits per heavy atom. The number of halogens is 4. The fourth-order valence-electron chi connectivity index (χ4n) is 2.67. The highest BCUT2D eigenvalue weighted by molar-refractivity contribution is 7.93. The van der Waals surface area contributed by atoms with Crippen molar-refractivity contribution in [3.8, 4) is 11.8 Å². The zero-order chi connectivity index (χ0) is 22.1. The molecule has 14 heteroatoms. The molecule has 162 valence electrons. The number of alkyl halides is 4. The number of sulfonamides is 1. The summed E-state index contributed by atoms with van der Waals surface area (Å²) in [5.41, 5.74) is -0.709. The van der Waals surface area contributed by atoms with Crippen molar-refractivity contribution in [3.05, 3.63) is 29.6 Å². The molecule has 0 atom stereocenters. The van der Waals surface area contributed by atoms with Crippen LogP contribution in [0.2, 0.25) is 0 Å². The number of aromatic amines is 1. The molecule has 0 radical (unpaired) electrons. The summed E-state index contributed by atoms with van der Waals surface area (Å²) in [7, 11) is -1.97. The number of pyridine rings is 1. The van der Waals surface area contributed by atoms with Gasteiger partial charge in [0.15, 0.2) is 0 Å². The third kappa shape index (κ3) is 4.22. The second-order valence-corrected chi connectivity index (χ2v) is 7.48. The number of fused-ring (bicyclic) bond motifs is 1. The van der Waals surface area contributed by atoms with Gasteiger partial charge in [0.1, 0.15) is 16.2 Å². The van der Waals surface area contributed by atoms with Gasteiger partial charge in [-0.3, -0.25) is 0 Å². The fourth-order valence-corrected chi connectivity index (χ4v) is 3.78. The van der Waals surface area contributed by atoms with E-state index < -0.39 is 40.9 Å². The monoisotopic (exact) mass is 449 g/mol. The first-order valence-corrected chi connectivity index (χ1v) is 9.70. The van der Waals surface area contributed by atoms with Gasteiger partial charge >= 0.3 is 0 Å². The van der Waals surface area contributed by atoms with Crippen LogP contribution in [0.3, 0.4) is 0 Å². The molecule has 3 aromatic heterocycles. The molecule has 0 bridgehead atoms. The smallest absolute Gasteiger partial charge is 0.280 e. The number of anilines is 1. The number of rotatable bonds is 8. The lowest BCUT2D eigenvalue weighted by atomic mass is 10.2. The van der Waals surface area contributed by atoms with Gasteiger partial charge in [0.05, 0.1) is 19.8 Å². The van der Waals surface area contributed by atoms with E-state index in [0.717, 1.165) is 12.3 Å². The summed E-state index contributed by atoms with van der Waals surface area (Å²) in [6, 6.07) is 2.18. The van der Waals surface area contributed by atoms with Crippen LogP contribution in [0, 0.1) is 0 Å². The number of nitrogens with zero attached hydrogens (tertiary/aromatic N) is 3. The summed E-state index contributed by atoms with van der Waals surface area (Å²) in [6.45, 7) is 0. The first kappa shape index (κ1) is 21.5. The molecule has 0 fully saturated rings. The van der Waals surface area contributed by atoms with Gasteiger partial charge in [-0.15, -0.1) is 0 Å². The van der Waals surface area contributed by atoms with Gasteiger partial charge in [-0.25, -0.2) is 35.7 Å². The van der Waals surface area contributed by atoms with E-state index >= 15 is 0 Å². The normalized spacial score (nSPS) is 12.0. The average Bonchev–Trinajstić information content (AvgIpc) is 3.12. The zero-order valence-corrected chi connectivity index (χ0v) is 16.3. The van der Waals surface area contributed by atoms with Crippen molar-refractivity contribution in [2.75, 3.05) is 18.9 Å². The molecule has 0 aromatic carbocycles. The number of hydrogen-bond acceptors (Lipinski definition) is 7. The van der Waals surface area contributed by atoms with Crippen molar-refractivity contribution in [2.45, 2.75) is 24.2 Å². The van der Waals surface area contributed by atoms with E-state index in [9.17, 15) is 26.0 Å². The summed E-state index contributed by atoms with van der Waals surface area (Å²) in [5.74, 6) is -1.07. The second-order valence-electron chi connectivity index (χ2n) is 5.83. The third-order valence-electron chi connectivity index (χ3n) is 3.94. The van der Waals surface area contributed by atoms with Gasteiger partial charge in [-0.05, 0) is 12.1 Å². The van der Waals surface area contributed by atoms with Crippen molar-refractivity contribution in [1.82, 2.24) is 19.9 Å². The predicted octanol–water partition coefficient (Wildman–Crippen LogP) is 2.92. The molecule has 30 heavy (non-hydrogen) atoms. The lowest BCUT2D eigenvalue weighted by Crippen LogP contribution is -2.16. The standard InChI is InChI=1S/C16H15F4N5O4S/c1-28-14-8(5-11(17)18)15(29-2)24-16(23-14)25-30(26,27)10-6-21-13-7(10)3-4-9(22-13)12(19)20/h3-4,6,11-12H,5H2,1-2H3,(H,21,22)(H,23,24,25). The lowest BCUT2D eigenvalue weighted by Gasteiger charge is -2.13. The van der Waals surface area contributed by atoms with Crippen LogP contribution >= 0.6 is 0 Å². The number of aromatic nitrogens is 4. The van der Waals surface area contributed by atoms with E-state index in [1.165, 1.54) is 20.3 Å². The average molecular weight is 449 g/mol. The first-order chi connectivity index (χ1) is 14.2. The molecule has 0 saturated heterocycles. The van der Waals surface area contributed by atoms with E-state index in [-0.39, 0.29) is 33.3 Å². The van der Waals surface area contributed by atoms with Crippen molar-refractivity contribution in [1.29, 1.82) is 0 Å².